The number of anilines is 1. The van der Waals surface area contributed by atoms with Crippen molar-refractivity contribution in [3.63, 3.8) is 0 Å². The van der Waals surface area contributed by atoms with Crippen LogP contribution in [0.15, 0.2) is 18.2 Å². The lowest BCUT2D eigenvalue weighted by molar-refractivity contribution is 0.177. The highest BCUT2D eigenvalue weighted by Gasteiger charge is 2.16. The number of nitrogens with two attached hydrogens (primary N) is 1. The fourth-order valence-electron chi connectivity index (χ4n) is 1.15. The predicted octanol–water partition coefficient (Wildman–Crippen LogP) is 0.149. The normalized spacial score (nSPS) is 10.2. The van der Waals surface area contributed by atoms with Gasteiger partial charge in [-0.05, 0) is 18.2 Å². The molecule has 7 nitrogen and oxygen atoms in total. The molecular formula is C11H12FN3O4S. The van der Waals surface area contributed by atoms with E-state index in [1.54, 1.807) is 0 Å². The molecule has 20 heavy (non-hydrogen) atoms. The van der Waals surface area contributed by atoms with Gasteiger partial charge in [-0.15, -0.1) is 0 Å². The van der Waals surface area contributed by atoms with E-state index < -0.39 is 22.1 Å². The molecule has 0 saturated heterocycles. The van der Waals surface area contributed by atoms with E-state index >= 15 is 0 Å². The van der Waals surface area contributed by atoms with Crippen molar-refractivity contribution >= 4 is 22.0 Å². The number of benzene rings is 1. The number of methoxy groups -OCH3 is 1. The molecule has 0 heterocycles. The van der Waals surface area contributed by atoms with Gasteiger partial charge in [0.1, 0.15) is 5.82 Å². The molecule has 0 aliphatic carbocycles. The number of carbonyl (C=O) groups is 1. The Balaban J connectivity index is 2.91. The molecule has 0 atom stereocenters. The summed E-state index contributed by atoms with van der Waals surface area (Å²) in [5, 5.41) is 0. The summed E-state index contributed by atoms with van der Waals surface area (Å²) in [6, 6.07) is 3.62. The molecule has 0 saturated carbocycles. The first-order chi connectivity index (χ1) is 9.38. The molecular weight excluding hydrogens is 289 g/mol. The average molecular weight is 301 g/mol. The maximum Gasteiger partial charge on any atom is 0.422 e. The van der Waals surface area contributed by atoms with E-state index in [0.29, 0.717) is 5.56 Å². The lowest BCUT2D eigenvalue weighted by Crippen LogP contribution is -2.35. The number of halogens is 1. The van der Waals surface area contributed by atoms with Crippen LogP contribution in [0, 0.1) is 17.7 Å². The Labute approximate surface area is 115 Å². The van der Waals surface area contributed by atoms with Crippen LogP contribution in [-0.2, 0) is 14.9 Å². The highest BCUT2D eigenvalue weighted by Crippen LogP contribution is 2.16. The maximum absolute atomic E-state index is 13.7. The van der Waals surface area contributed by atoms with Crippen LogP contribution in [0.4, 0.5) is 14.9 Å². The molecule has 9 heteroatoms. The fraction of sp³-hybridized carbons (Fsp3) is 0.182. The van der Waals surface area contributed by atoms with Crippen LogP contribution in [0.2, 0.25) is 0 Å². The van der Waals surface area contributed by atoms with Crippen molar-refractivity contribution < 1.29 is 22.3 Å². The van der Waals surface area contributed by atoms with Crippen molar-refractivity contribution in [2.45, 2.75) is 0 Å². The number of carbonyl (C=O) groups excluding carboxylic acids is 1. The lowest BCUT2D eigenvalue weighted by atomic mass is 10.2. The molecule has 0 spiro atoms. The van der Waals surface area contributed by atoms with Gasteiger partial charge in [0.25, 0.3) is 0 Å². The van der Waals surface area contributed by atoms with E-state index in [1.165, 1.54) is 16.9 Å². The third kappa shape index (κ3) is 4.75. The highest BCUT2D eigenvalue weighted by molar-refractivity contribution is 7.91. The number of amides is 1. The van der Waals surface area contributed by atoms with Gasteiger partial charge < -0.3 is 10.5 Å². The summed E-state index contributed by atoms with van der Waals surface area (Å²) >= 11 is 0. The monoisotopic (exact) mass is 301 g/mol. The van der Waals surface area contributed by atoms with Gasteiger partial charge in [0.15, 0.2) is 0 Å². The molecule has 0 bridgehead atoms. The molecule has 1 rings (SSSR count). The van der Waals surface area contributed by atoms with E-state index in [-0.39, 0.29) is 12.2 Å². The Morgan fingerprint density at radius 3 is 2.75 bits per heavy atom. The van der Waals surface area contributed by atoms with Gasteiger partial charge in [0.2, 0.25) is 0 Å². The van der Waals surface area contributed by atoms with Crippen LogP contribution in [-0.4, -0.2) is 28.2 Å². The molecule has 0 aliphatic rings. The van der Waals surface area contributed by atoms with Crippen molar-refractivity contribution in [1.82, 2.24) is 4.72 Å². The molecule has 0 aromatic heterocycles. The highest BCUT2D eigenvalue weighted by atomic mass is 32.2. The van der Waals surface area contributed by atoms with Gasteiger partial charge >= 0.3 is 16.3 Å². The maximum atomic E-state index is 13.7. The van der Waals surface area contributed by atoms with E-state index in [1.807, 2.05) is 4.72 Å². The van der Waals surface area contributed by atoms with E-state index in [2.05, 4.69) is 16.6 Å². The van der Waals surface area contributed by atoms with Crippen LogP contribution in [0.3, 0.4) is 0 Å². The SMILES string of the molecule is COC(=O)NS(=O)(=O)Nc1ccc(C#CCN)cc1F. The molecule has 108 valence electrons. The van der Waals surface area contributed by atoms with Gasteiger partial charge in [0.05, 0.1) is 19.3 Å². The van der Waals surface area contributed by atoms with Crippen molar-refractivity contribution in [3.05, 3.63) is 29.6 Å². The van der Waals surface area contributed by atoms with Gasteiger partial charge in [-0.2, -0.15) is 8.42 Å². The van der Waals surface area contributed by atoms with Crippen LogP contribution >= 0.6 is 0 Å². The number of hydrogen-bond acceptors (Lipinski definition) is 5. The van der Waals surface area contributed by atoms with Gasteiger partial charge in [-0.25, -0.2) is 13.9 Å². The Bertz CT molecular complexity index is 664. The van der Waals surface area contributed by atoms with Gasteiger partial charge in [-0.1, -0.05) is 11.8 Å². The van der Waals surface area contributed by atoms with Crippen molar-refractivity contribution in [2.75, 3.05) is 18.4 Å². The minimum atomic E-state index is -4.27. The first kappa shape index (κ1) is 15.7. The number of nitrogens with one attached hydrogen (secondary N) is 2. The quantitative estimate of drug-likeness (QED) is 0.688. The molecule has 1 aromatic carbocycles. The van der Waals surface area contributed by atoms with Crippen molar-refractivity contribution in [3.8, 4) is 11.8 Å². The molecule has 1 aromatic rings. The standard InChI is InChI=1S/C11H12FN3O4S/c1-19-11(16)15-20(17,18)14-10-5-4-8(3-2-6-13)7-9(10)12/h4-5,7,14H,6,13H2,1H3,(H,15,16). The Hall–Kier alpha value is -2.31. The molecule has 1 amide bonds. The summed E-state index contributed by atoms with van der Waals surface area (Å²) < 4.78 is 44.0. The fourth-order valence-corrected chi connectivity index (χ4v) is 1.96. The summed E-state index contributed by atoms with van der Waals surface area (Å²) in [6.45, 7) is 0.124. The minimum Gasteiger partial charge on any atom is -0.452 e. The van der Waals surface area contributed by atoms with Gasteiger partial charge in [0, 0.05) is 5.56 Å². The first-order valence-electron chi connectivity index (χ1n) is 5.25. The second-order valence-corrected chi connectivity index (χ2v) is 4.81. The second-order valence-electron chi connectivity index (χ2n) is 3.40. The van der Waals surface area contributed by atoms with Crippen molar-refractivity contribution in [2.24, 2.45) is 5.73 Å². The third-order valence-corrected chi connectivity index (χ3v) is 2.88. The van der Waals surface area contributed by atoms with E-state index in [0.717, 1.165) is 13.2 Å². The minimum absolute atomic E-state index is 0.124. The molecule has 0 radical (unpaired) electrons. The zero-order valence-electron chi connectivity index (χ0n) is 10.4. The summed E-state index contributed by atoms with van der Waals surface area (Å²) in [5.74, 6) is 4.28. The summed E-state index contributed by atoms with van der Waals surface area (Å²) in [4.78, 5) is 10.8. The lowest BCUT2D eigenvalue weighted by Gasteiger charge is -2.09. The number of rotatable bonds is 3. The zero-order chi connectivity index (χ0) is 15.2. The largest absolute Gasteiger partial charge is 0.452 e. The first-order valence-corrected chi connectivity index (χ1v) is 6.73. The topological polar surface area (TPSA) is 111 Å². The zero-order valence-corrected chi connectivity index (χ0v) is 11.3. The van der Waals surface area contributed by atoms with Crippen LogP contribution in [0.5, 0.6) is 0 Å². The molecule has 0 aliphatic heterocycles. The van der Waals surface area contributed by atoms with Crippen LogP contribution in [0.1, 0.15) is 5.56 Å². The van der Waals surface area contributed by atoms with Crippen LogP contribution < -0.4 is 15.2 Å². The molecule has 4 N–H and O–H groups in total. The smallest absolute Gasteiger partial charge is 0.422 e. The summed E-state index contributed by atoms with van der Waals surface area (Å²) in [7, 11) is -3.27. The Kier molecular flexibility index (Phi) is 5.31. The van der Waals surface area contributed by atoms with Crippen LogP contribution in [0.25, 0.3) is 0 Å². The third-order valence-electron chi connectivity index (χ3n) is 1.95. The van der Waals surface area contributed by atoms with E-state index in [4.69, 9.17) is 5.73 Å². The predicted molar refractivity (Wildman–Crippen MR) is 70.4 cm³/mol. The average Bonchev–Trinajstić information content (AvgIpc) is 2.38. The van der Waals surface area contributed by atoms with E-state index in [9.17, 15) is 17.6 Å². The van der Waals surface area contributed by atoms with Gasteiger partial charge in [-0.3, -0.25) is 4.72 Å². The Morgan fingerprint density at radius 2 is 2.20 bits per heavy atom. The molecule has 0 fully saturated rings. The molecule has 0 unspecified atom stereocenters. The number of hydrogen-bond donors (Lipinski definition) is 3. The summed E-state index contributed by atoms with van der Waals surface area (Å²) in [5.41, 5.74) is 5.19. The van der Waals surface area contributed by atoms with Crippen molar-refractivity contribution in [1.29, 1.82) is 0 Å². The summed E-state index contributed by atoms with van der Waals surface area (Å²) in [6.07, 6.45) is -1.19. The Morgan fingerprint density at radius 1 is 1.50 bits per heavy atom. The second kappa shape index (κ2) is 6.74. The number of ether oxygens (including phenoxy) is 1.